The number of esters is 1. The van der Waals surface area contributed by atoms with Crippen LogP contribution in [0.3, 0.4) is 0 Å². The molecule has 1 N–H and O–H groups in total. The highest BCUT2D eigenvalue weighted by Crippen LogP contribution is 1.92. The summed E-state index contributed by atoms with van der Waals surface area (Å²) >= 11 is 0. The predicted molar refractivity (Wildman–Crippen MR) is 39.1 cm³/mol. The molecule has 0 aromatic rings. The van der Waals surface area contributed by atoms with Gasteiger partial charge in [0.2, 0.25) is 0 Å². The van der Waals surface area contributed by atoms with Crippen LogP contribution < -0.4 is 0 Å². The van der Waals surface area contributed by atoms with Gasteiger partial charge in [-0.3, -0.25) is 4.79 Å². The maximum Gasteiger partial charge on any atom is 0.302 e. The smallest absolute Gasteiger partial charge is 0.302 e. The highest BCUT2D eigenvalue weighted by molar-refractivity contribution is 5.65. The Morgan fingerprint density at radius 3 is 2.73 bits per heavy atom. The second-order valence-corrected chi connectivity index (χ2v) is 2.24. The largest absolute Gasteiger partial charge is 0.463 e. The fourth-order valence-electron chi connectivity index (χ4n) is 0.551. The fourth-order valence-corrected chi connectivity index (χ4v) is 0.551. The van der Waals surface area contributed by atoms with E-state index >= 15 is 0 Å². The normalized spacial score (nSPS) is 12.6. The Morgan fingerprint density at radius 2 is 2.27 bits per heavy atom. The summed E-state index contributed by atoms with van der Waals surface area (Å²) in [4.78, 5) is 10.3. The quantitative estimate of drug-likeness (QED) is 0.576. The van der Waals surface area contributed by atoms with Crippen LogP contribution in [0.5, 0.6) is 0 Å². The van der Waals surface area contributed by atoms with E-state index in [-0.39, 0.29) is 12.6 Å². The van der Waals surface area contributed by atoms with Gasteiger partial charge in [0, 0.05) is 20.6 Å². The molecule has 0 saturated carbocycles. The molecule has 4 nitrogen and oxygen atoms in total. The number of carbonyl (C=O) groups excluding carboxylic acids is 1. The van der Waals surface area contributed by atoms with Crippen molar-refractivity contribution in [1.82, 2.24) is 0 Å². The summed E-state index contributed by atoms with van der Waals surface area (Å²) in [6.07, 6.45) is -0.122. The second kappa shape index (κ2) is 6.12. The van der Waals surface area contributed by atoms with E-state index in [1.165, 1.54) is 6.92 Å². The Labute approximate surface area is 66.1 Å². The Kier molecular flexibility index (Phi) is 5.78. The molecule has 0 heterocycles. The molecule has 0 fully saturated rings. The van der Waals surface area contributed by atoms with Gasteiger partial charge in [-0.1, -0.05) is 0 Å². The lowest BCUT2D eigenvalue weighted by Gasteiger charge is -2.08. The maximum absolute atomic E-state index is 10.3. The zero-order valence-corrected chi connectivity index (χ0v) is 6.87. The molecular formula is C7H14O4. The van der Waals surface area contributed by atoms with Crippen LogP contribution in [0.4, 0.5) is 0 Å². The van der Waals surface area contributed by atoms with Gasteiger partial charge in [0.15, 0.2) is 0 Å². The molecule has 1 unspecified atom stereocenters. The van der Waals surface area contributed by atoms with E-state index in [0.29, 0.717) is 13.0 Å². The lowest BCUT2D eigenvalue weighted by Crippen LogP contribution is -2.18. The molecule has 0 aliphatic heterocycles. The molecule has 11 heavy (non-hydrogen) atoms. The van der Waals surface area contributed by atoms with E-state index in [2.05, 4.69) is 4.74 Å². The third kappa shape index (κ3) is 7.29. The first kappa shape index (κ1) is 10.4. The third-order valence-corrected chi connectivity index (χ3v) is 1.13. The van der Waals surface area contributed by atoms with E-state index in [0.717, 1.165) is 0 Å². The van der Waals surface area contributed by atoms with E-state index in [4.69, 9.17) is 9.84 Å². The van der Waals surface area contributed by atoms with Crippen molar-refractivity contribution in [2.24, 2.45) is 0 Å². The Morgan fingerprint density at radius 1 is 1.64 bits per heavy atom. The number of aliphatic hydroxyl groups excluding tert-OH is 1. The summed E-state index contributed by atoms with van der Waals surface area (Å²) in [5, 5.41) is 9.07. The van der Waals surface area contributed by atoms with E-state index in [1.807, 2.05) is 0 Å². The Balaban J connectivity index is 3.22. The standard InChI is InChI=1S/C7H14O4/c1-6(8)11-5-7(9)3-4-10-2/h7,9H,3-5H2,1-2H3. The van der Waals surface area contributed by atoms with Crippen molar-refractivity contribution in [2.45, 2.75) is 19.4 Å². The molecule has 0 amide bonds. The van der Waals surface area contributed by atoms with E-state index in [9.17, 15) is 4.79 Å². The summed E-state index contributed by atoms with van der Waals surface area (Å²) in [6, 6.07) is 0. The van der Waals surface area contributed by atoms with Gasteiger partial charge in [0.25, 0.3) is 0 Å². The summed E-state index contributed by atoms with van der Waals surface area (Å²) in [5.41, 5.74) is 0. The highest BCUT2D eigenvalue weighted by Gasteiger charge is 2.04. The van der Waals surface area contributed by atoms with Gasteiger partial charge in [-0.15, -0.1) is 0 Å². The minimum Gasteiger partial charge on any atom is -0.463 e. The first-order valence-electron chi connectivity index (χ1n) is 3.47. The van der Waals surface area contributed by atoms with Gasteiger partial charge < -0.3 is 14.6 Å². The van der Waals surface area contributed by atoms with Crippen molar-refractivity contribution in [3.8, 4) is 0 Å². The van der Waals surface area contributed by atoms with Crippen LogP contribution in [0.25, 0.3) is 0 Å². The van der Waals surface area contributed by atoms with Gasteiger partial charge >= 0.3 is 5.97 Å². The van der Waals surface area contributed by atoms with Crippen LogP contribution in [-0.2, 0) is 14.3 Å². The molecule has 0 rings (SSSR count). The van der Waals surface area contributed by atoms with Crippen LogP contribution in [0.2, 0.25) is 0 Å². The van der Waals surface area contributed by atoms with Crippen LogP contribution in [0.1, 0.15) is 13.3 Å². The molecule has 0 bridgehead atoms. The molecule has 1 atom stereocenters. The number of hydrogen-bond donors (Lipinski definition) is 1. The Bertz CT molecular complexity index is 113. The molecule has 0 aliphatic carbocycles. The fraction of sp³-hybridized carbons (Fsp3) is 0.857. The molecule has 4 heteroatoms. The SMILES string of the molecule is COCCC(O)COC(C)=O. The van der Waals surface area contributed by atoms with Crippen LogP contribution >= 0.6 is 0 Å². The second-order valence-electron chi connectivity index (χ2n) is 2.24. The van der Waals surface area contributed by atoms with Crippen molar-refractivity contribution in [3.63, 3.8) is 0 Å². The van der Waals surface area contributed by atoms with E-state index < -0.39 is 6.10 Å². The molecule has 0 aliphatic rings. The van der Waals surface area contributed by atoms with E-state index in [1.54, 1.807) is 7.11 Å². The molecule has 66 valence electrons. The Hall–Kier alpha value is -0.610. The topological polar surface area (TPSA) is 55.8 Å². The summed E-state index contributed by atoms with van der Waals surface area (Å²) in [7, 11) is 1.55. The summed E-state index contributed by atoms with van der Waals surface area (Å²) in [5.74, 6) is -0.374. The summed E-state index contributed by atoms with van der Waals surface area (Å²) in [6.45, 7) is 1.84. The highest BCUT2D eigenvalue weighted by atomic mass is 16.5. The van der Waals surface area contributed by atoms with Gasteiger partial charge in [0.1, 0.15) is 6.61 Å². The lowest BCUT2D eigenvalue weighted by atomic mass is 10.3. The predicted octanol–water partition coefficient (Wildman–Crippen LogP) is -0.0531. The monoisotopic (exact) mass is 162 g/mol. The van der Waals surface area contributed by atoms with Crippen molar-refractivity contribution in [1.29, 1.82) is 0 Å². The van der Waals surface area contributed by atoms with Gasteiger partial charge in [0.05, 0.1) is 6.10 Å². The molecule has 0 radical (unpaired) electrons. The number of ether oxygens (including phenoxy) is 2. The zero-order valence-electron chi connectivity index (χ0n) is 6.87. The van der Waals surface area contributed by atoms with Gasteiger partial charge in [-0.25, -0.2) is 0 Å². The molecule has 0 saturated heterocycles. The maximum atomic E-state index is 10.3. The minimum atomic E-state index is -0.612. The van der Waals surface area contributed by atoms with Crippen molar-refractivity contribution < 1.29 is 19.4 Å². The first-order valence-corrected chi connectivity index (χ1v) is 3.47. The molecule has 0 aromatic carbocycles. The molecule has 0 spiro atoms. The average molecular weight is 162 g/mol. The number of rotatable bonds is 5. The number of carbonyl (C=O) groups is 1. The van der Waals surface area contributed by atoms with Crippen LogP contribution in [-0.4, -0.2) is 37.5 Å². The number of methoxy groups -OCH3 is 1. The van der Waals surface area contributed by atoms with Gasteiger partial charge in [-0.05, 0) is 6.42 Å². The van der Waals surface area contributed by atoms with Gasteiger partial charge in [-0.2, -0.15) is 0 Å². The molecular weight excluding hydrogens is 148 g/mol. The minimum absolute atomic E-state index is 0.0543. The van der Waals surface area contributed by atoms with Crippen LogP contribution in [0, 0.1) is 0 Å². The number of hydrogen-bond acceptors (Lipinski definition) is 4. The van der Waals surface area contributed by atoms with Crippen molar-refractivity contribution in [2.75, 3.05) is 20.3 Å². The molecule has 0 aromatic heterocycles. The third-order valence-electron chi connectivity index (χ3n) is 1.13. The zero-order chi connectivity index (χ0) is 8.69. The van der Waals surface area contributed by atoms with Crippen LogP contribution in [0.15, 0.2) is 0 Å². The van der Waals surface area contributed by atoms with Crippen molar-refractivity contribution >= 4 is 5.97 Å². The summed E-state index contributed by atoms with van der Waals surface area (Å²) < 4.78 is 9.28. The van der Waals surface area contributed by atoms with Crippen molar-refractivity contribution in [3.05, 3.63) is 0 Å². The number of aliphatic hydroxyl groups is 1. The first-order chi connectivity index (χ1) is 5.16. The average Bonchev–Trinajstić information content (AvgIpc) is 1.97. The lowest BCUT2D eigenvalue weighted by molar-refractivity contribution is -0.144.